The molecule has 2 aromatic heterocycles. The van der Waals surface area contributed by atoms with Crippen LogP contribution in [0.4, 0.5) is 13.2 Å². The van der Waals surface area contributed by atoms with Gasteiger partial charge in [0.15, 0.2) is 0 Å². The molecule has 47 heavy (non-hydrogen) atoms. The van der Waals surface area contributed by atoms with Crippen molar-refractivity contribution in [3.8, 4) is 16.9 Å². The average Bonchev–Trinajstić information content (AvgIpc) is 3.90. The van der Waals surface area contributed by atoms with Gasteiger partial charge in [-0.05, 0) is 97.0 Å². The third kappa shape index (κ3) is 6.99. The molecule has 3 aliphatic rings. The molecule has 2 aromatic carbocycles. The second kappa shape index (κ2) is 12.9. The Balaban J connectivity index is 1.07. The Hall–Kier alpha value is -4.02. The Morgan fingerprint density at radius 1 is 1.00 bits per heavy atom. The largest absolute Gasteiger partial charge is 0.573 e. The number of benzene rings is 2. The topological polar surface area (TPSA) is 91.3 Å². The van der Waals surface area contributed by atoms with Crippen molar-refractivity contribution < 1.29 is 23.0 Å². The number of rotatable bonds is 8. The number of nitrogens with one attached hydrogen (secondary N) is 1. The zero-order chi connectivity index (χ0) is 32.6. The normalized spacial score (nSPS) is 19.1. The van der Waals surface area contributed by atoms with Crippen molar-refractivity contribution in [3.63, 3.8) is 0 Å². The van der Waals surface area contributed by atoms with E-state index in [4.69, 9.17) is 4.98 Å². The number of pyridine rings is 1. The van der Waals surface area contributed by atoms with Gasteiger partial charge in [0.1, 0.15) is 11.6 Å². The third-order valence-electron chi connectivity index (χ3n) is 10.1. The van der Waals surface area contributed by atoms with Gasteiger partial charge in [0, 0.05) is 25.5 Å². The lowest BCUT2D eigenvalue weighted by molar-refractivity contribution is -0.274. The molecule has 0 spiro atoms. The van der Waals surface area contributed by atoms with Crippen LogP contribution in [0.2, 0.25) is 0 Å². The van der Waals surface area contributed by atoms with Crippen molar-refractivity contribution in [2.75, 3.05) is 13.1 Å². The Kier molecular flexibility index (Phi) is 8.65. The molecular formula is C37H39F3N4O3. The lowest BCUT2D eigenvalue weighted by Gasteiger charge is -2.24. The smallest absolute Gasteiger partial charge is 0.406 e. The number of ether oxygens (including phenoxy) is 1. The van der Waals surface area contributed by atoms with Gasteiger partial charge in [0.2, 0.25) is 0 Å². The third-order valence-corrected chi connectivity index (χ3v) is 10.1. The van der Waals surface area contributed by atoms with Crippen LogP contribution in [0.3, 0.4) is 0 Å². The number of alkyl halides is 3. The highest BCUT2D eigenvalue weighted by molar-refractivity contribution is 5.66. The van der Waals surface area contributed by atoms with Crippen LogP contribution in [-0.4, -0.2) is 44.4 Å². The molecule has 1 aliphatic heterocycles. The maximum atomic E-state index is 13.6. The average molecular weight is 645 g/mol. The van der Waals surface area contributed by atoms with Crippen molar-refractivity contribution in [2.45, 2.75) is 88.1 Å². The molecule has 1 atom stereocenters. The molecule has 7 rings (SSSR count). The molecule has 3 heterocycles. The number of β-amino-alcohol motifs (C(OH)–C–C–N with tert-alkyl or cyclic N) is 1. The van der Waals surface area contributed by atoms with E-state index in [0.717, 1.165) is 36.3 Å². The monoisotopic (exact) mass is 644 g/mol. The molecule has 2 N–H and O–H groups in total. The second-order valence-corrected chi connectivity index (χ2v) is 13.3. The van der Waals surface area contributed by atoms with Crippen LogP contribution in [0.1, 0.15) is 97.2 Å². The van der Waals surface area contributed by atoms with Crippen LogP contribution >= 0.6 is 0 Å². The van der Waals surface area contributed by atoms with Gasteiger partial charge in [0.05, 0.1) is 22.8 Å². The Bertz CT molecular complexity index is 1800. The standard InChI is InChI=1S/C37H39F3N4O3/c38-37(39,40)47-30-12-5-10-26(19-30)25-9-4-11-27(17-25)33(45)23-44-16-6-13-32-31(22-44)34(46)43-35(42-32)36(14-15-36)29-18-28(20-41-21-29)24-7-2-1-3-8-24/h4-5,9-12,17-21,24,33,45H,1-3,6-8,13-16,22-23H2,(H,42,43,46)/t33-/m0/s1. The summed E-state index contributed by atoms with van der Waals surface area (Å²) in [5.41, 5.74) is 5.33. The van der Waals surface area contributed by atoms with Gasteiger partial charge in [-0.3, -0.25) is 14.7 Å². The summed E-state index contributed by atoms with van der Waals surface area (Å²) in [5, 5.41) is 11.2. The minimum absolute atomic E-state index is 0.128. The van der Waals surface area contributed by atoms with Crippen molar-refractivity contribution in [1.82, 2.24) is 19.9 Å². The van der Waals surface area contributed by atoms with Gasteiger partial charge in [0.25, 0.3) is 5.56 Å². The van der Waals surface area contributed by atoms with E-state index in [1.807, 2.05) is 12.4 Å². The maximum Gasteiger partial charge on any atom is 0.573 e. The fourth-order valence-electron chi connectivity index (χ4n) is 7.38. The number of H-pyrrole nitrogens is 1. The second-order valence-electron chi connectivity index (χ2n) is 13.3. The number of halogens is 3. The Labute approximate surface area is 271 Å². The molecule has 2 aliphatic carbocycles. The number of aliphatic hydroxyl groups is 1. The molecule has 0 radical (unpaired) electrons. The number of aryl methyl sites for hydroxylation is 1. The van der Waals surface area contributed by atoms with E-state index in [-0.39, 0.29) is 16.7 Å². The van der Waals surface area contributed by atoms with Gasteiger partial charge in [-0.25, -0.2) is 4.98 Å². The fraction of sp³-hybridized carbons (Fsp3) is 0.432. The van der Waals surface area contributed by atoms with Crippen molar-refractivity contribution in [1.29, 1.82) is 0 Å². The number of aromatic nitrogens is 3. The minimum Gasteiger partial charge on any atom is -0.406 e. The summed E-state index contributed by atoms with van der Waals surface area (Å²) in [7, 11) is 0. The molecule has 0 unspecified atom stereocenters. The first kappa shape index (κ1) is 31.6. The minimum atomic E-state index is -4.78. The molecule has 10 heteroatoms. The molecule has 2 saturated carbocycles. The first-order valence-corrected chi connectivity index (χ1v) is 16.6. The van der Waals surface area contributed by atoms with Crippen LogP contribution in [0, 0.1) is 0 Å². The first-order chi connectivity index (χ1) is 22.7. The van der Waals surface area contributed by atoms with Gasteiger partial charge in [-0.15, -0.1) is 13.2 Å². The quantitative estimate of drug-likeness (QED) is 0.209. The van der Waals surface area contributed by atoms with Crippen LogP contribution in [-0.2, 0) is 18.4 Å². The predicted octanol–water partition coefficient (Wildman–Crippen LogP) is 7.34. The molecule has 7 nitrogen and oxygen atoms in total. The lowest BCUT2D eigenvalue weighted by atomic mass is 9.83. The van der Waals surface area contributed by atoms with E-state index in [9.17, 15) is 23.1 Å². The van der Waals surface area contributed by atoms with Crippen LogP contribution in [0.5, 0.6) is 5.75 Å². The SMILES string of the molecule is O=c1[nH]c(C2(c3cncc(C4CCCCC4)c3)CC2)nc2c1CN(C[C@H](O)c1cccc(-c3cccc(OC(F)(F)F)c3)c1)CCC2. The Morgan fingerprint density at radius 3 is 2.53 bits per heavy atom. The zero-order valence-electron chi connectivity index (χ0n) is 26.2. The number of fused-ring (bicyclic) bond motifs is 1. The predicted molar refractivity (Wildman–Crippen MR) is 172 cm³/mol. The fourth-order valence-corrected chi connectivity index (χ4v) is 7.38. The molecule has 246 valence electrons. The van der Waals surface area contributed by atoms with E-state index in [0.29, 0.717) is 54.2 Å². The van der Waals surface area contributed by atoms with Crippen molar-refractivity contribution in [3.05, 3.63) is 111 Å². The molecule has 0 saturated heterocycles. The van der Waals surface area contributed by atoms with E-state index in [2.05, 4.69) is 25.7 Å². The maximum absolute atomic E-state index is 13.6. The van der Waals surface area contributed by atoms with Gasteiger partial charge < -0.3 is 14.8 Å². The highest BCUT2D eigenvalue weighted by Crippen LogP contribution is 2.52. The summed E-state index contributed by atoms with van der Waals surface area (Å²) >= 11 is 0. The summed E-state index contributed by atoms with van der Waals surface area (Å²) in [6.07, 6.45) is 7.89. The van der Waals surface area contributed by atoms with Gasteiger partial charge >= 0.3 is 6.36 Å². The first-order valence-electron chi connectivity index (χ1n) is 16.6. The van der Waals surface area contributed by atoms with Gasteiger partial charge in [-0.1, -0.05) is 55.7 Å². The summed E-state index contributed by atoms with van der Waals surface area (Å²) in [4.78, 5) is 28.5. The highest BCUT2D eigenvalue weighted by Gasteiger charge is 2.49. The number of aliphatic hydroxyl groups excluding tert-OH is 1. The molecule has 4 aromatic rings. The van der Waals surface area contributed by atoms with E-state index < -0.39 is 12.5 Å². The van der Waals surface area contributed by atoms with E-state index in [1.165, 1.54) is 55.9 Å². The number of nitrogens with zero attached hydrogens (tertiary/aromatic N) is 3. The zero-order valence-corrected chi connectivity index (χ0v) is 26.2. The molecule has 0 amide bonds. The summed E-state index contributed by atoms with van der Waals surface area (Å²) in [5.74, 6) is 0.987. The van der Waals surface area contributed by atoms with Crippen LogP contribution in [0.25, 0.3) is 11.1 Å². The molecule has 2 fully saturated rings. The number of hydrogen-bond donors (Lipinski definition) is 2. The Morgan fingerprint density at radius 2 is 1.77 bits per heavy atom. The van der Waals surface area contributed by atoms with E-state index in [1.54, 1.807) is 30.3 Å². The van der Waals surface area contributed by atoms with E-state index >= 15 is 0 Å². The summed E-state index contributed by atoms with van der Waals surface area (Å²) in [6, 6.07) is 15.2. The van der Waals surface area contributed by atoms with Crippen LogP contribution in [0.15, 0.2) is 71.8 Å². The highest BCUT2D eigenvalue weighted by atomic mass is 19.4. The van der Waals surface area contributed by atoms with Crippen molar-refractivity contribution in [2.24, 2.45) is 0 Å². The summed E-state index contributed by atoms with van der Waals surface area (Å²) in [6.45, 7) is 1.36. The van der Waals surface area contributed by atoms with Gasteiger partial charge in [-0.2, -0.15) is 0 Å². The number of hydrogen-bond acceptors (Lipinski definition) is 6. The molecular weight excluding hydrogens is 605 g/mol. The van der Waals surface area contributed by atoms with Crippen molar-refractivity contribution >= 4 is 0 Å². The summed E-state index contributed by atoms with van der Waals surface area (Å²) < 4.78 is 42.3. The van der Waals surface area contributed by atoms with Crippen LogP contribution < -0.4 is 10.3 Å². The number of aromatic amines is 1. The molecule has 0 bridgehead atoms. The lowest BCUT2D eigenvalue weighted by Crippen LogP contribution is -2.32.